The fourth-order valence-corrected chi connectivity index (χ4v) is 6.00. The average molecular weight is 495 g/mol. The van der Waals surface area contributed by atoms with Crippen molar-refractivity contribution in [2.45, 2.75) is 32.7 Å². The van der Waals surface area contributed by atoms with Gasteiger partial charge in [0, 0.05) is 65.2 Å². The van der Waals surface area contributed by atoms with Crippen LogP contribution in [-0.4, -0.2) is 45.0 Å². The Balaban J connectivity index is 1.31. The summed E-state index contributed by atoms with van der Waals surface area (Å²) in [6.45, 7) is 5.48. The molecule has 5 aromatic rings. The Morgan fingerprint density at radius 1 is 1.03 bits per heavy atom. The van der Waals surface area contributed by atoms with Gasteiger partial charge in [-0.15, -0.1) is 11.3 Å². The molecule has 0 unspecified atom stereocenters. The number of fused-ring (bicyclic) bond motifs is 1. The molecule has 0 spiro atoms. The summed E-state index contributed by atoms with van der Waals surface area (Å²) >= 11 is 1.79. The fraction of sp³-hybridized carbons (Fsp3) is 0.276. The van der Waals surface area contributed by atoms with Crippen LogP contribution < -0.4 is 5.32 Å². The zero-order chi connectivity index (χ0) is 24.5. The molecular weight excluding hydrogens is 464 g/mol. The van der Waals surface area contributed by atoms with Crippen molar-refractivity contribution < 1.29 is 0 Å². The van der Waals surface area contributed by atoms with Crippen molar-refractivity contribution in [2.24, 2.45) is 0 Å². The number of hydrogen-bond donors (Lipinski definition) is 2. The Morgan fingerprint density at radius 3 is 2.72 bits per heavy atom. The Hall–Kier alpha value is -3.55. The lowest BCUT2D eigenvalue weighted by atomic mass is 10.00. The lowest BCUT2D eigenvalue weighted by Gasteiger charge is -2.15. The van der Waals surface area contributed by atoms with Crippen molar-refractivity contribution in [2.75, 3.05) is 25.5 Å². The molecule has 1 aromatic carbocycles. The minimum atomic E-state index is 0.685. The van der Waals surface area contributed by atoms with Gasteiger partial charge in [0.2, 0.25) is 0 Å². The molecule has 0 saturated carbocycles. The summed E-state index contributed by atoms with van der Waals surface area (Å²) in [6.07, 6.45) is 9.09. The third-order valence-corrected chi connectivity index (χ3v) is 7.95. The van der Waals surface area contributed by atoms with Gasteiger partial charge in [0.05, 0.1) is 5.52 Å². The first-order valence-electron chi connectivity index (χ1n) is 12.5. The number of hydrogen-bond acceptors (Lipinski definition) is 6. The summed E-state index contributed by atoms with van der Waals surface area (Å²) in [7, 11) is 1.97. The van der Waals surface area contributed by atoms with Gasteiger partial charge < -0.3 is 10.3 Å². The maximum Gasteiger partial charge on any atom is 0.178 e. The van der Waals surface area contributed by atoms with E-state index in [2.05, 4.69) is 74.6 Å². The Kier molecular flexibility index (Phi) is 6.25. The maximum absolute atomic E-state index is 4.84. The van der Waals surface area contributed by atoms with Gasteiger partial charge in [-0.3, -0.25) is 9.88 Å². The van der Waals surface area contributed by atoms with Crippen molar-refractivity contribution in [3.05, 3.63) is 82.9 Å². The molecule has 1 saturated heterocycles. The van der Waals surface area contributed by atoms with Crippen LogP contribution in [0.25, 0.3) is 32.7 Å². The lowest BCUT2D eigenvalue weighted by Crippen LogP contribution is -2.18. The number of aryl methyl sites for hydroxylation is 1. The number of aromatic amines is 1. The summed E-state index contributed by atoms with van der Waals surface area (Å²) in [4.78, 5) is 22.5. The molecule has 2 N–H and O–H groups in total. The molecule has 1 aliphatic heterocycles. The second-order valence-corrected chi connectivity index (χ2v) is 10.8. The van der Waals surface area contributed by atoms with Gasteiger partial charge in [0.25, 0.3) is 0 Å². The van der Waals surface area contributed by atoms with Crippen LogP contribution in [0.2, 0.25) is 0 Å². The molecule has 6 nitrogen and oxygen atoms in total. The monoisotopic (exact) mass is 494 g/mol. The molecule has 0 radical (unpaired) electrons. The van der Waals surface area contributed by atoms with E-state index in [1.165, 1.54) is 52.4 Å². The molecule has 7 heteroatoms. The predicted molar refractivity (Wildman–Crippen MR) is 148 cm³/mol. The van der Waals surface area contributed by atoms with E-state index in [1.807, 2.05) is 25.6 Å². The number of imidazole rings is 1. The summed E-state index contributed by atoms with van der Waals surface area (Å²) in [5, 5.41) is 3.35. The summed E-state index contributed by atoms with van der Waals surface area (Å²) < 4.78 is 0. The predicted octanol–water partition coefficient (Wildman–Crippen LogP) is 6.29. The number of aromatic nitrogens is 4. The van der Waals surface area contributed by atoms with Crippen molar-refractivity contribution in [1.29, 1.82) is 0 Å². The molecule has 0 atom stereocenters. The topological polar surface area (TPSA) is 69.7 Å². The summed E-state index contributed by atoms with van der Waals surface area (Å²) in [6, 6.07) is 15.3. The first kappa shape index (κ1) is 22.9. The average Bonchev–Trinajstić information content (AvgIpc) is 3.65. The van der Waals surface area contributed by atoms with Crippen LogP contribution in [0.1, 0.15) is 34.7 Å². The Morgan fingerprint density at radius 2 is 1.92 bits per heavy atom. The van der Waals surface area contributed by atoms with Gasteiger partial charge in [-0.25, -0.2) is 9.97 Å². The smallest absolute Gasteiger partial charge is 0.178 e. The van der Waals surface area contributed by atoms with Crippen LogP contribution in [0.15, 0.2) is 61.1 Å². The van der Waals surface area contributed by atoms with Gasteiger partial charge in [0.1, 0.15) is 5.82 Å². The van der Waals surface area contributed by atoms with E-state index in [0.717, 1.165) is 40.3 Å². The number of nitrogens with one attached hydrogen (secondary N) is 2. The number of anilines is 1. The zero-order valence-corrected chi connectivity index (χ0v) is 21.5. The first-order valence-corrected chi connectivity index (χ1v) is 13.4. The number of rotatable bonds is 7. The Bertz CT molecular complexity index is 1510. The minimum absolute atomic E-state index is 0.685. The molecule has 0 bridgehead atoms. The number of thiophene rings is 1. The third-order valence-electron chi connectivity index (χ3n) is 6.91. The van der Waals surface area contributed by atoms with E-state index in [-0.39, 0.29) is 0 Å². The van der Waals surface area contributed by atoms with Gasteiger partial charge in [-0.2, -0.15) is 0 Å². The van der Waals surface area contributed by atoms with E-state index in [9.17, 15) is 0 Å². The zero-order valence-electron chi connectivity index (χ0n) is 20.7. The molecule has 182 valence electrons. The number of likely N-dealkylation sites (tertiary alicyclic amines) is 1. The molecule has 6 rings (SSSR count). The van der Waals surface area contributed by atoms with Gasteiger partial charge >= 0.3 is 0 Å². The van der Waals surface area contributed by atoms with E-state index in [0.29, 0.717) is 6.42 Å². The van der Waals surface area contributed by atoms with Gasteiger partial charge in [-0.1, -0.05) is 6.07 Å². The van der Waals surface area contributed by atoms with Crippen molar-refractivity contribution >= 4 is 28.2 Å². The minimum Gasteiger partial charge on any atom is -0.388 e. The van der Waals surface area contributed by atoms with Crippen LogP contribution in [0.3, 0.4) is 0 Å². The fourth-order valence-electron chi connectivity index (χ4n) is 5.10. The molecule has 36 heavy (non-hydrogen) atoms. The van der Waals surface area contributed by atoms with E-state index in [1.54, 1.807) is 11.3 Å². The van der Waals surface area contributed by atoms with Crippen molar-refractivity contribution in [1.82, 2.24) is 24.8 Å². The van der Waals surface area contributed by atoms with Crippen molar-refractivity contribution in [3.63, 3.8) is 0 Å². The standard InChI is InChI=1S/C29H30N6S/c1-19-5-8-26(36-19)24-9-10-32-29-28(24)33-27(34-29)15-22-14-21(6-7-25(22)30-2)23-13-20(16-31-17-23)18-35-11-3-4-12-35/h5-10,13-14,16-17,30H,3-4,11-12,15,18H2,1-2H3,(H,32,33,34). The van der Waals surface area contributed by atoms with Gasteiger partial charge in [0.15, 0.2) is 5.65 Å². The number of nitrogens with zero attached hydrogens (tertiary/aromatic N) is 4. The van der Waals surface area contributed by atoms with Gasteiger partial charge in [-0.05, 0) is 85.9 Å². The maximum atomic E-state index is 4.84. The van der Waals surface area contributed by atoms with Crippen LogP contribution in [0.4, 0.5) is 5.69 Å². The van der Waals surface area contributed by atoms with E-state index < -0.39 is 0 Å². The SMILES string of the molecule is CNc1ccc(-c2cncc(CN3CCCC3)c2)cc1Cc1nc2nccc(-c3ccc(C)s3)c2[nH]1. The van der Waals surface area contributed by atoms with Crippen molar-refractivity contribution in [3.8, 4) is 21.6 Å². The molecule has 1 aliphatic rings. The molecule has 4 aromatic heterocycles. The second-order valence-electron chi connectivity index (χ2n) is 9.51. The quantitative estimate of drug-likeness (QED) is 0.278. The largest absolute Gasteiger partial charge is 0.388 e. The van der Waals surface area contributed by atoms with Crippen LogP contribution in [0.5, 0.6) is 0 Å². The van der Waals surface area contributed by atoms with E-state index >= 15 is 0 Å². The second kappa shape index (κ2) is 9.84. The highest BCUT2D eigenvalue weighted by Crippen LogP contribution is 2.33. The third kappa shape index (κ3) is 4.64. The number of pyridine rings is 2. The molecule has 0 aliphatic carbocycles. The highest BCUT2D eigenvalue weighted by atomic mass is 32.1. The van der Waals surface area contributed by atoms with E-state index in [4.69, 9.17) is 4.98 Å². The lowest BCUT2D eigenvalue weighted by molar-refractivity contribution is 0.331. The normalized spacial score (nSPS) is 14.1. The van der Waals surface area contributed by atoms with Crippen LogP contribution >= 0.6 is 11.3 Å². The number of H-pyrrole nitrogens is 1. The number of benzene rings is 1. The molecule has 5 heterocycles. The molecule has 0 amide bonds. The summed E-state index contributed by atoms with van der Waals surface area (Å²) in [5.41, 5.74) is 8.79. The summed E-state index contributed by atoms with van der Waals surface area (Å²) in [5.74, 6) is 0.910. The Labute approximate surface area is 215 Å². The highest BCUT2D eigenvalue weighted by Gasteiger charge is 2.15. The molecule has 1 fully saturated rings. The molecular formula is C29H30N6S. The van der Waals surface area contributed by atoms with Crippen LogP contribution in [0, 0.1) is 6.92 Å². The first-order chi connectivity index (χ1) is 17.7. The van der Waals surface area contributed by atoms with Crippen LogP contribution in [-0.2, 0) is 13.0 Å². The highest BCUT2D eigenvalue weighted by molar-refractivity contribution is 7.15.